The first kappa shape index (κ1) is 47.2. The number of rotatable bonds is 8. The number of imidazole rings is 1. The summed E-state index contributed by atoms with van der Waals surface area (Å²) in [7, 11) is 0. The average molecular weight is 1180 g/mol. The van der Waals surface area contributed by atoms with Crippen molar-refractivity contribution in [3.05, 3.63) is 233 Å². The van der Waals surface area contributed by atoms with Crippen LogP contribution in [0.2, 0.25) is 0 Å². The van der Waals surface area contributed by atoms with Gasteiger partial charge in [0.25, 0.3) is 0 Å². The molecule has 4 aromatic heterocycles. The van der Waals surface area contributed by atoms with Crippen LogP contribution in [0.5, 0.6) is 11.5 Å². The molecule has 0 N–H and O–H groups in total. The molecule has 0 spiro atoms. The van der Waals surface area contributed by atoms with Crippen molar-refractivity contribution < 1.29 is 28.5 Å². The maximum atomic E-state index is 7.32. The van der Waals surface area contributed by atoms with Crippen molar-refractivity contribution in [1.82, 2.24) is 18.5 Å². The van der Waals surface area contributed by atoms with Crippen molar-refractivity contribution in [3.63, 3.8) is 0 Å². The van der Waals surface area contributed by atoms with Gasteiger partial charge in [0.2, 0.25) is 0 Å². The van der Waals surface area contributed by atoms with Crippen LogP contribution >= 0.6 is 0 Å². The van der Waals surface area contributed by atoms with E-state index in [9.17, 15) is 0 Å². The van der Waals surface area contributed by atoms with Crippen molar-refractivity contribution >= 4 is 60.3 Å². The van der Waals surface area contributed by atoms with Gasteiger partial charge in [-0.2, -0.15) is 0 Å². The molecule has 1 aliphatic rings. The van der Waals surface area contributed by atoms with Gasteiger partial charge in [0.1, 0.15) is 0 Å². The quantitative estimate of drug-likeness (QED) is 0.142. The fourth-order valence-electron chi connectivity index (χ4n) is 12.0. The van der Waals surface area contributed by atoms with Crippen molar-refractivity contribution in [2.75, 3.05) is 0 Å². The molecule has 378 valence electrons. The Labute approximate surface area is 458 Å². The molecule has 7 heteroatoms. The Morgan fingerprint density at radius 1 is 0.545 bits per heavy atom. The second-order valence-electron chi connectivity index (χ2n) is 21.5. The average Bonchev–Trinajstić information content (AvgIpc) is 4.17. The van der Waals surface area contributed by atoms with E-state index >= 15 is 0 Å². The minimum absolute atomic E-state index is 0.0595. The fraction of sp³-hybridized carbons (Fsp3) is 0.143. The fourth-order valence-corrected chi connectivity index (χ4v) is 13.0. The molecule has 13 aromatic rings. The summed E-state index contributed by atoms with van der Waals surface area (Å²) in [4.78, 5) is 5.02. The molecule has 9 aromatic carbocycles. The Balaban J connectivity index is 1.02. The third kappa shape index (κ3) is 8.20. The van der Waals surface area contributed by atoms with E-state index in [-0.39, 0.29) is 5.41 Å². The number of hydrogen-bond donors (Lipinski definition) is 0. The second kappa shape index (κ2) is 19.1. The van der Waals surface area contributed by atoms with Crippen LogP contribution in [-0.2, 0) is 24.8 Å². The van der Waals surface area contributed by atoms with Crippen LogP contribution in [0.25, 0.3) is 105 Å². The van der Waals surface area contributed by atoms with Gasteiger partial charge in [0.05, 0.1) is 0 Å². The molecule has 0 aliphatic heterocycles. The maximum absolute atomic E-state index is 7.32. The van der Waals surface area contributed by atoms with Gasteiger partial charge in [-0.3, -0.25) is 0 Å². The van der Waals surface area contributed by atoms with E-state index in [0.29, 0.717) is 23.0 Å². The molecule has 0 saturated heterocycles. The zero-order chi connectivity index (χ0) is 51.8. The molecule has 6 nitrogen and oxygen atoms in total. The standard InChI is InChI=1S/C70H54N4O2.Pt/c1-70(2,3)51-39-40-71-66(42-51)74-61-37-33-50(46-19-8-4-9-20-46)41-60(61)57-36-34-52(43-63(57)74)75-53-35-38-65-64(44-53)73-45-72(67-54(47-21-10-5-11-22-47)27-16-28-55(67)48-23-12-6-13-24-48)62-32-18-30-58(68(62)73)59-31-17-29-56(69(59)76-65)49-25-14-7-15-26-49;/h5-7,10-18,21-42,46H,4,8-9,19-20H2,1-3H3;/q-2;. The Hall–Kier alpha value is -8.31. The summed E-state index contributed by atoms with van der Waals surface area (Å²) in [5, 5.41) is 4.36. The first-order valence-corrected chi connectivity index (χ1v) is 27.9. The van der Waals surface area contributed by atoms with Crippen LogP contribution in [0.3, 0.4) is 0 Å². The van der Waals surface area contributed by atoms with Gasteiger partial charge in [-0.05, 0) is 41.4 Å². The molecular formula is C70H54N4O2Pt-2. The summed E-state index contributed by atoms with van der Waals surface area (Å²) in [6.07, 6.45) is 8.31. The zero-order valence-electron chi connectivity index (χ0n) is 43.2. The van der Waals surface area contributed by atoms with Crippen molar-refractivity contribution in [2.24, 2.45) is 0 Å². The van der Waals surface area contributed by atoms with Crippen LogP contribution in [-0.4, -0.2) is 18.5 Å². The third-order valence-electron chi connectivity index (χ3n) is 15.7. The molecule has 0 radical (unpaired) electrons. The summed E-state index contributed by atoms with van der Waals surface area (Å²) in [5.41, 5.74) is 16.5. The first-order valence-electron chi connectivity index (χ1n) is 26.8. The van der Waals surface area contributed by atoms with Gasteiger partial charge < -0.3 is 0 Å². The van der Waals surface area contributed by atoms with Gasteiger partial charge in [-0.15, -0.1) is 0 Å². The number of nitrogens with zero attached hydrogens (tertiary/aromatic N) is 4. The number of benzene rings is 9. The van der Waals surface area contributed by atoms with Crippen LogP contribution in [0, 0.1) is 15.9 Å². The molecule has 0 amide bonds. The number of aromatic nitrogens is 4. The molecule has 14 rings (SSSR count). The number of fused-ring (bicyclic) bond motifs is 7. The number of para-hydroxylation sites is 3. The van der Waals surface area contributed by atoms with Gasteiger partial charge in [0, 0.05) is 6.20 Å². The van der Waals surface area contributed by atoms with E-state index in [0.717, 1.165) is 98.0 Å². The second-order valence-corrected chi connectivity index (χ2v) is 22.5. The third-order valence-corrected chi connectivity index (χ3v) is 16.8. The number of pyridine rings is 1. The van der Waals surface area contributed by atoms with Crippen molar-refractivity contribution in [1.29, 1.82) is 0 Å². The minimum atomic E-state index is -0.0595. The molecule has 1 aliphatic carbocycles. The summed E-state index contributed by atoms with van der Waals surface area (Å²) < 4.78 is 22.3. The van der Waals surface area contributed by atoms with Crippen LogP contribution in [0.1, 0.15) is 69.9 Å². The normalized spacial score (nSPS) is 13.4. The van der Waals surface area contributed by atoms with E-state index in [1.807, 2.05) is 18.3 Å². The topological polar surface area (TPSA) is 49.5 Å². The van der Waals surface area contributed by atoms with Gasteiger partial charge >= 0.3 is 368 Å². The molecular weight excluding hydrogens is 1120 g/mol. The van der Waals surface area contributed by atoms with Crippen molar-refractivity contribution in [3.8, 4) is 56.4 Å². The van der Waals surface area contributed by atoms with E-state index in [1.54, 1.807) is 0 Å². The van der Waals surface area contributed by atoms with Crippen LogP contribution < -0.4 is 4.74 Å². The Morgan fingerprint density at radius 3 is 1.87 bits per heavy atom. The number of hydrogen-bond acceptors (Lipinski definition) is 3. The van der Waals surface area contributed by atoms with E-state index in [2.05, 4.69) is 254 Å². The van der Waals surface area contributed by atoms with Crippen LogP contribution in [0.15, 0.2) is 211 Å². The van der Waals surface area contributed by atoms with E-state index < -0.39 is 0 Å². The predicted octanol–water partition coefficient (Wildman–Crippen LogP) is 18.7. The SMILES string of the molecule is CC(C)(C)c1ccnc(-n2c3[c-]c(Oc4[c-]c5c(cc4)oc4c(-c6ccccc6)cccc4c4cccc6c4n5[c](=[Pt])n6-c4c(-c5ccccc5)cccc4-c4ccccc4)ccc3c3cc(C4CCCCC4)ccc32)c1. The van der Waals surface area contributed by atoms with Gasteiger partial charge in [-0.25, -0.2) is 0 Å². The van der Waals surface area contributed by atoms with Crippen LogP contribution in [0.4, 0.5) is 0 Å². The first-order chi connectivity index (χ1) is 37.7. The van der Waals surface area contributed by atoms with E-state index in [4.69, 9.17) is 14.1 Å². The molecule has 0 unspecified atom stereocenters. The Kier molecular flexibility index (Phi) is 11.7. The summed E-state index contributed by atoms with van der Waals surface area (Å²) >= 11 is 2.52. The Bertz CT molecular complexity index is 4460. The van der Waals surface area contributed by atoms with E-state index in [1.165, 1.54) is 48.6 Å². The molecule has 0 atom stereocenters. The molecule has 4 heterocycles. The molecule has 1 fully saturated rings. The molecule has 1 saturated carbocycles. The predicted molar refractivity (Wildman–Crippen MR) is 311 cm³/mol. The summed E-state index contributed by atoms with van der Waals surface area (Å²) in [5.74, 6) is 2.55. The monoisotopic (exact) mass is 1180 g/mol. The molecule has 77 heavy (non-hydrogen) atoms. The number of ether oxygens (including phenoxy) is 1. The molecule has 0 bridgehead atoms. The summed E-state index contributed by atoms with van der Waals surface area (Å²) in [6, 6.07) is 78.9. The summed E-state index contributed by atoms with van der Waals surface area (Å²) in [6.45, 7) is 6.75. The van der Waals surface area contributed by atoms with Gasteiger partial charge in [0.15, 0.2) is 0 Å². The van der Waals surface area contributed by atoms with Crippen molar-refractivity contribution in [2.45, 2.75) is 64.2 Å². The van der Waals surface area contributed by atoms with Gasteiger partial charge in [-0.1, -0.05) is 46.1 Å². The Morgan fingerprint density at radius 2 is 1.17 bits per heavy atom. The zero-order valence-corrected chi connectivity index (χ0v) is 45.4.